The van der Waals surface area contributed by atoms with Gasteiger partial charge in [0.2, 0.25) is 0 Å². The molecule has 1 amide bonds. The third kappa shape index (κ3) is 3.30. The zero-order valence-corrected chi connectivity index (χ0v) is 16.1. The number of aromatic nitrogens is 4. The molecule has 1 aliphatic heterocycles. The molecule has 1 aliphatic rings. The van der Waals surface area contributed by atoms with Crippen LogP contribution >= 0.6 is 0 Å². The van der Waals surface area contributed by atoms with Crippen molar-refractivity contribution in [3.8, 4) is 11.5 Å². The summed E-state index contributed by atoms with van der Waals surface area (Å²) in [6, 6.07) is 7.73. The molecular formula is C20H22FN5O2. The van der Waals surface area contributed by atoms with Crippen LogP contribution in [0.3, 0.4) is 0 Å². The molecule has 1 unspecified atom stereocenters. The van der Waals surface area contributed by atoms with Crippen molar-refractivity contribution in [2.24, 2.45) is 7.05 Å². The van der Waals surface area contributed by atoms with Gasteiger partial charge in [0, 0.05) is 31.1 Å². The number of piperidine rings is 1. The van der Waals surface area contributed by atoms with Gasteiger partial charge in [0.15, 0.2) is 5.82 Å². The van der Waals surface area contributed by atoms with E-state index < -0.39 is 5.41 Å². The largest absolute Gasteiger partial charge is 0.336 e. The third-order valence-electron chi connectivity index (χ3n) is 5.26. The number of aryl methyl sites for hydroxylation is 2. The fourth-order valence-electron chi connectivity index (χ4n) is 3.75. The zero-order valence-electron chi connectivity index (χ0n) is 16.1. The van der Waals surface area contributed by atoms with Crippen LogP contribution in [0.1, 0.15) is 41.8 Å². The van der Waals surface area contributed by atoms with Crippen molar-refractivity contribution in [1.29, 1.82) is 0 Å². The summed E-state index contributed by atoms with van der Waals surface area (Å²) in [6.07, 6.45) is 1.70. The van der Waals surface area contributed by atoms with E-state index in [0.717, 1.165) is 18.5 Å². The highest BCUT2D eigenvalue weighted by molar-refractivity contribution is 5.92. The minimum Gasteiger partial charge on any atom is -0.336 e. The lowest BCUT2D eigenvalue weighted by atomic mass is 9.81. The molecule has 0 spiro atoms. The van der Waals surface area contributed by atoms with Crippen molar-refractivity contribution < 1.29 is 13.7 Å². The van der Waals surface area contributed by atoms with E-state index in [2.05, 4.69) is 15.2 Å². The Bertz CT molecular complexity index is 1010. The molecule has 3 aromatic rings. The first-order valence-electron chi connectivity index (χ1n) is 9.26. The first kappa shape index (κ1) is 18.3. The normalized spacial score (nSPS) is 19.8. The summed E-state index contributed by atoms with van der Waals surface area (Å²) in [5.74, 6) is 0.547. The standard InChI is InChI=1S/C20H22FN5O2/c1-13-11-16(25(3)23-13)18(27)26-10-4-9-20(2,12-26)19-22-17(28-24-19)14-5-7-15(21)8-6-14/h5-8,11H,4,9-10,12H2,1-3H3. The Hall–Kier alpha value is -3.03. The molecule has 28 heavy (non-hydrogen) atoms. The number of rotatable bonds is 3. The van der Waals surface area contributed by atoms with Gasteiger partial charge in [0.25, 0.3) is 11.8 Å². The Balaban J connectivity index is 1.57. The predicted octanol–water partition coefficient (Wildman–Crippen LogP) is 3.11. The van der Waals surface area contributed by atoms with E-state index in [4.69, 9.17) is 4.52 Å². The minimum atomic E-state index is -0.413. The molecular weight excluding hydrogens is 361 g/mol. The summed E-state index contributed by atoms with van der Waals surface area (Å²) >= 11 is 0. The van der Waals surface area contributed by atoms with E-state index in [1.54, 1.807) is 29.9 Å². The van der Waals surface area contributed by atoms with Crippen molar-refractivity contribution in [3.63, 3.8) is 0 Å². The maximum Gasteiger partial charge on any atom is 0.272 e. The van der Waals surface area contributed by atoms with Crippen LogP contribution in [0.2, 0.25) is 0 Å². The van der Waals surface area contributed by atoms with Crippen LogP contribution in [0.25, 0.3) is 11.5 Å². The Kier molecular flexibility index (Phi) is 4.49. The van der Waals surface area contributed by atoms with E-state index in [-0.39, 0.29) is 11.7 Å². The predicted molar refractivity (Wildman–Crippen MR) is 100 cm³/mol. The first-order chi connectivity index (χ1) is 13.4. The SMILES string of the molecule is Cc1cc(C(=O)N2CCCC(C)(c3noc(-c4ccc(F)cc4)n3)C2)n(C)n1. The first-order valence-corrected chi connectivity index (χ1v) is 9.26. The molecule has 2 aromatic heterocycles. The number of halogens is 1. The number of hydrogen-bond acceptors (Lipinski definition) is 5. The van der Waals surface area contributed by atoms with Crippen LogP contribution in [-0.4, -0.2) is 43.8 Å². The highest BCUT2D eigenvalue weighted by atomic mass is 19.1. The Morgan fingerprint density at radius 2 is 2.04 bits per heavy atom. The van der Waals surface area contributed by atoms with Crippen molar-refractivity contribution in [2.75, 3.05) is 13.1 Å². The van der Waals surface area contributed by atoms with Crippen molar-refractivity contribution in [3.05, 3.63) is 53.4 Å². The highest BCUT2D eigenvalue weighted by Gasteiger charge is 2.39. The van der Waals surface area contributed by atoms with Gasteiger partial charge in [-0.05, 0) is 50.1 Å². The van der Waals surface area contributed by atoms with Gasteiger partial charge in [-0.25, -0.2) is 4.39 Å². The molecule has 8 heteroatoms. The van der Waals surface area contributed by atoms with Crippen molar-refractivity contribution in [1.82, 2.24) is 24.8 Å². The van der Waals surface area contributed by atoms with E-state index >= 15 is 0 Å². The monoisotopic (exact) mass is 383 g/mol. The highest BCUT2D eigenvalue weighted by Crippen LogP contribution is 2.33. The van der Waals surface area contributed by atoms with Gasteiger partial charge in [0.05, 0.1) is 5.69 Å². The molecule has 3 heterocycles. The van der Waals surface area contributed by atoms with Gasteiger partial charge in [-0.15, -0.1) is 0 Å². The third-order valence-corrected chi connectivity index (χ3v) is 5.26. The lowest BCUT2D eigenvalue weighted by Gasteiger charge is -2.38. The van der Waals surface area contributed by atoms with Crippen molar-refractivity contribution in [2.45, 2.75) is 32.1 Å². The van der Waals surface area contributed by atoms with Gasteiger partial charge in [0.1, 0.15) is 11.5 Å². The fourth-order valence-corrected chi connectivity index (χ4v) is 3.75. The zero-order chi connectivity index (χ0) is 19.9. The van der Waals surface area contributed by atoms with Crippen LogP contribution in [0.5, 0.6) is 0 Å². The molecule has 1 aromatic carbocycles. The summed E-state index contributed by atoms with van der Waals surface area (Å²) in [5.41, 5.74) is 1.64. The number of likely N-dealkylation sites (tertiary alicyclic amines) is 1. The van der Waals surface area contributed by atoms with E-state index in [0.29, 0.717) is 36.1 Å². The molecule has 0 saturated carbocycles. The number of nitrogens with zero attached hydrogens (tertiary/aromatic N) is 5. The molecule has 0 aliphatic carbocycles. The molecule has 4 rings (SSSR count). The Morgan fingerprint density at radius 3 is 2.71 bits per heavy atom. The second-order valence-corrected chi connectivity index (χ2v) is 7.62. The van der Waals surface area contributed by atoms with Crippen LogP contribution in [-0.2, 0) is 12.5 Å². The molecule has 7 nitrogen and oxygen atoms in total. The average Bonchev–Trinajstić information content (AvgIpc) is 3.29. The molecule has 1 fully saturated rings. The number of amides is 1. The molecule has 0 bridgehead atoms. The Labute approximate surface area is 162 Å². The number of benzene rings is 1. The fraction of sp³-hybridized carbons (Fsp3) is 0.400. The quantitative estimate of drug-likeness (QED) is 0.695. The van der Waals surface area contributed by atoms with Gasteiger partial charge < -0.3 is 9.42 Å². The van der Waals surface area contributed by atoms with E-state index in [9.17, 15) is 9.18 Å². The summed E-state index contributed by atoms with van der Waals surface area (Å²) < 4.78 is 20.2. The van der Waals surface area contributed by atoms with Gasteiger partial charge in [-0.3, -0.25) is 9.48 Å². The molecule has 1 atom stereocenters. The molecule has 146 valence electrons. The van der Waals surface area contributed by atoms with E-state index in [1.807, 2.05) is 18.7 Å². The minimum absolute atomic E-state index is 0.0451. The topological polar surface area (TPSA) is 77.0 Å². The second kappa shape index (κ2) is 6.85. The second-order valence-electron chi connectivity index (χ2n) is 7.62. The van der Waals surface area contributed by atoms with Crippen LogP contribution in [0.4, 0.5) is 4.39 Å². The maximum atomic E-state index is 13.1. The van der Waals surface area contributed by atoms with Crippen LogP contribution in [0, 0.1) is 12.7 Å². The van der Waals surface area contributed by atoms with Crippen molar-refractivity contribution >= 4 is 5.91 Å². The lowest BCUT2D eigenvalue weighted by Crippen LogP contribution is -2.48. The van der Waals surface area contributed by atoms with Crippen LogP contribution in [0.15, 0.2) is 34.9 Å². The smallest absolute Gasteiger partial charge is 0.272 e. The number of carbonyl (C=O) groups excluding carboxylic acids is 1. The number of carbonyl (C=O) groups is 1. The van der Waals surface area contributed by atoms with Gasteiger partial charge in [-0.1, -0.05) is 12.1 Å². The Morgan fingerprint density at radius 1 is 1.29 bits per heavy atom. The molecule has 0 N–H and O–H groups in total. The summed E-state index contributed by atoms with van der Waals surface area (Å²) in [7, 11) is 1.78. The average molecular weight is 383 g/mol. The summed E-state index contributed by atoms with van der Waals surface area (Å²) in [5, 5.41) is 8.43. The molecule has 1 saturated heterocycles. The van der Waals surface area contributed by atoms with Crippen LogP contribution < -0.4 is 0 Å². The molecule has 0 radical (unpaired) electrons. The number of hydrogen-bond donors (Lipinski definition) is 0. The van der Waals surface area contributed by atoms with E-state index in [1.165, 1.54) is 12.1 Å². The maximum absolute atomic E-state index is 13.1. The lowest BCUT2D eigenvalue weighted by molar-refractivity contribution is 0.0631. The summed E-state index contributed by atoms with van der Waals surface area (Å²) in [6.45, 7) is 5.09. The van der Waals surface area contributed by atoms with Gasteiger partial charge in [-0.2, -0.15) is 10.1 Å². The summed E-state index contributed by atoms with van der Waals surface area (Å²) in [4.78, 5) is 19.3. The van der Waals surface area contributed by atoms with Gasteiger partial charge >= 0.3 is 0 Å².